The van der Waals surface area contributed by atoms with Crippen molar-refractivity contribution in [2.45, 2.75) is 30.8 Å². The molecule has 1 aliphatic heterocycles. The first-order valence-electron chi connectivity index (χ1n) is 6.88. The maximum atomic E-state index is 11.7. The van der Waals surface area contributed by atoms with Crippen molar-refractivity contribution >= 4 is 19.4 Å². The molecule has 1 aliphatic rings. The highest BCUT2D eigenvalue weighted by molar-refractivity contribution is 7.32. The van der Waals surface area contributed by atoms with Crippen LogP contribution in [0, 0.1) is 0 Å². The molecule has 136 valence electrons. The fourth-order valence-electron chi connectivity index (χ4n) is 2.51. The van der Waals surface area contributed by atoms with Crippen LogP contribution in [0.3, 0.4) is 0 Å². The van der Waals surface area contributed by atoms with E-state index in [0.717, 1.165) is 13.4 Å². The van der Waals surface area contributed by atoms with Crippen LogP contribution in [0.15, 0.2) is 17.4 Å². The Labute approximate surface area is 139 Å². The van der Waals surface area contributed by atoms with Gasteiger partial charge in [0.2, 0.25) is 0 Å². The van der Waals surface area contributed by atoms with Gasteiger partial charge in [-0.25, -0.2) is 14.9 Å². The number of aromatic nitrogens is 4. The quantitative estimate of drug-likeness (QED) is 0.195. The van der Waals surface area contributed by atoms with Crippen molar-refractivity contribution in [3.05, 3.63) is 23.0 Å². The van der Waals surface area contributed by atoms with E-state index in [2.05, 4.69) is 29.3 Å². The van der Waals surface area contributed by atoms with Crippen molar-refractivity contribution < 1.29 is 38.7 Å². The summed E-state index contributed by atoms with van der Waals surface area (Å²) in [6.07, 6.45) is -4.87. The van der Waals surface area contributed by atoms with Crippen LogP contribution >= 0.6 is 8.25 Å². The van der Waals surface area contributed by atoms with Crippen molar-refractivity contribution in [2.75, 3.05) is 7.11 Å². The van der Waals surface area contributed by atoms with E-state index in [4.69, 9.17) is 9.63 Å². The van der Waals surface area contributed by atoms with Gasteiger partial charge in [0, 0.05) is 4.57 Å². The number of fused-ring (bicyclic) bond motifs is 1. The Morgan fingerprint density at radius 3 is 2.84 bits per heavy atom. The molecule has 13 nitrogen and oxygen atoms in total. The van der Waals surface area contributed by atoms with Crippen molar-refractivity contribution in [1.29, 1.82) is 0 Å². The summed E-state index contributed by atoms with van der Waals surface area (Å²) in [7, 11) is -1.98. The van der Waals surface area contributed by atoms with Gasteiger partial charge in [0.05, 0.1) is 19.8 Å². The monoisotopic (exact) mass is 377 g/mol. The molecule has 1 saturated heterocycles. The molecule has 25 heavy (non-hydrogen) atoms. The van der Waals surface area contributed by atoms with Crippen molar-refractivity contribution in [3.63, 3.8) is 0 Å². The van der Waals surface area contributed by atoms with E-state index >= 15 is 0 Å². The van der Waals surface area contributed by atoms with Crippen LogP contribution in [0.25, 0.3) is 11.2 Å². The molecule has 4 N–H and O–H groups in total. The average Bonchev–Trinajstić information content (AvgIpc) is 3.10. The highest BCUT2D eigenvalue weighted by atomic mass is 31.1. The fourth-order valence-corrected chi connectivity index (χ4v) is 2.84. The molecule has 3 heterocycles. The van der Waals surface area contributed by atoms with Crippen LogP contribution in [0.2, 0.25) is 0 Å². The summed E-state index contributed by atoms with van der Waals surface area (Å²) in [5.74, 6) is 0. The van der Waals surface area contributed by atoms with E-state index in [1.807, 2.05) is 0 Å². The number of hydrogen-bond donors (Lipinski definition) is 4. The SMILES string of the molecule is COOC(O[P+](=O)O)C1OC(n2cnc3c(=O)[nH]cnc32)C(O)C1O. The summed E-state index contributed by atoms with van der Waals surface area (Å²) in [4.78, 5) is 39.8. The van der Waals surface area contributed by atoms with E-state index in [9.17, 15) is 19.6 Å². The van der Waals surface area contributed by atoms with Gasteiger partial charge >= 0.3 is 8.25 Å². The third-order valence-corrected chi connectivity index (χ3v) is 3.96. The number of aliphatic hydroxyl groups excluding tert-OH is 2. The van der Waals surface area contributed by atoms with E-state index in [1.165, 1.54) is 10.9 Å². The van der Waals surface area contributed by atoms with Crippen LogP contribution < -0.4 is 5.56 Å². The number of imidazole rings is 1. The minimum Gasteiger partial charge on any atom is -0.387 e. The summed E-state index contributed by atoms with van der Waals surface area (Å²) in [5.41, 5.74) is -0.371. The minimum absolute atomic E-state index is 0.00983. The van der Waals surface area contributed by atoms with Gasteiger partial charge in [-0.3, -0.25) is 9.36 Å². The van der Waals surface area contributed by atoms with Crippen LogP contribution in [0.4, 0.5) is 0 Å². The minimum atomic E-state index is -3.10. The molecule has 14 heteroatoms. The second-order valence-electron chi connectivity index (χ2n) is 5.00. The van der Waals surface area contributed by atoms with Gasteiger partial charge in [0.25, 0.3) is 11.8 Å². The third kappa shape index (κ3) is 3.31. The predicted molar refractivity (Wildman–Crippen MR) is 76.9 cm³/mol. The Kier molecular flexibility index (Phi) is 5.17. The van der Waals surface area contributed by atoms with E-state index < -0.39 is 44.6 Å². The Bertz CT molecular complexity index is 825. The van der Waals surface area contributed by atoms with Gasteiger partial charge in [0.1, 0.15) is 18.3 Å². The van der Waals surface area contributed by atoms with Crippen LogP contribution in [0.5, 0.6) is 0 Å². The first kappa shape index (κ1) is 18.0. The second kappa shape index (κ2) is 7.19. The van der Waals surface area contributed by atoms with Crippen molar-refractivity contribution in [1.82, 2.24) is 19.5 Å². The number of H-pyrrole nitrogens is 1. The average molecular weight is 377 g/mol. The molecule has 1 fully saturated rings. The molecule has 2 aromatic rings. The van der Waals surface area contributed by atoms with Crippen molar-refractivity contribution in [2.24, 2.45) is 0 Å². The Balaban J connectivity index is 1.92. The largest absolute Gasteiger partial charge is 0.697 e. The highest BCUT2D eigenvalue weighted by Gasteiger charge is 2.51. The summed E-state index contributed by atoms with van der Waals surface area (Å²) in [5, 5.41) is 20.4. The summed E-state index contributed by atoms with van der Waals surface area (Å²) in [6.45, 7) is 0. The van der Waals surface area contributed by atoms with Gasteiger partial charge in [0.15, 0.2) is 17.4 Å². The lowest BCUT2D eigenvalue weighted by atomic mass is 10.1. The standard InChI is InChI=1S/C11H13N4O9P/c1-21-23-11(24-25(19)20)7-5(16)6(17)10(22-7)15-3-14-4-8(15)12-2-13-9(4)18/h2-3,5-7,10-11,16-17H,1H3,(H-,12,13,18,19,20)/p+1. The molecular weight excluding hydrogens is 363 g/mol. The first-order chi connectivity index (χ1) is 11.9. The molecule has 0 aliphatic carbocycles. The molecule has 0 spiro atoms. The Hall–Kier alpha value is -1.83. The lowest BCUT2D eigenvalue weighted by molar-refractivity contribution is -0.370. The zero-order valence-electron chi connectivity index (χ0n) is 12.6. The summed E-state index contributed by atoms with van der Waals surface area (Å²) < 4.78 is 22.2. The van der Waals surface area contributed by atoms with E-state index in [0.29, 0.717) is 0 Å². The molecule has 3 rings (SSSR count). The van der Waals surface area contributed by atoms with Crippen LogP contribution in [-0.2, 0) is 23.6 Å². The molecule has 2 aromatic heterocycles. The van der Waals surface area contributed by atoms with Gasteiger partial charge < -0.3 is 19.9 Å². The first-order valence-corrected chi connectivity index (χ1v) is 8.01. The van der Waals surface area contributed by atoms with E-state index in [1.54, 1.807) is 0 Å². The predicted octanol–water partition coefficient (Wildman–Crippen LogP) is -1.69. The van der Waals surface area contributed by atoms with Gasteiger partial charge in [-0.2, -0.15) is 4.89 Å². The van der Waals surface area contributed by atoms with Crippen LogP contribution in [-0.4, -0.2) is 66.3 Å². The lowest BCUT2D eigenvalue weighted by Crippen LogP contribution is -2.40. The number of rotatable bonds is 6. The summed E-state index contributed by atoms with van der Waals surface area (Å²) in [6, 6.07) is 0. The Morgan fingerprint density at radius 2 is 2.16 bits per heavy atom. The maximum absolute atomic E-state index is 11.7. The molecule has 0 amide bonds. The van der Waals surface area contributed by atoms with Crippen molar-refractivity contribution in [3.8, 4) is 0 Å². The Morgan fingerprint density at radius 1 is 1.40 bits per heavy atom. The van der Waals surface area contributed by atoms with E-state index in [-0.39, 0.29) is 11.2 Å². The third-order valence-electron chi connectivity index (χ3n) is 3.57. The molecular formula is C11H14N4O9P+. The smallest absolute Gasteiger partial charge is 0.387 e. The molecule has 6 unspecified atom stereocenters. The number of hydrogen-bond acceptors (Lipinski definition) is 10. The normalized spacial score (nSPS) is 28.4. The highest BCUT2D eigenvalue weighted by Crippen LogP contribution is 2.35. The number of ether oxygens (including phenoxy) is 1. The molecule has 0 bridgehead atoms. The number of nitrogens with one attached hydrogen (secondary N) is 1. The lowest BCUT2D eigenvalue weighted by Gasteiger charge is -2.18. The van der Waals surface area contributed by atoms with Crippen LogP contribution in [0.1, 0.15) is 6.23 Å². The zero-order valence-corrected chi connectivity index (χ0v) is 13.5. The summed E-state index contributed by atoms with van der Waals surface area (Å²) >= 11 is 0. The van der Waals surface area contributed by atoms with Gasteiger partial charge in [-0.05, 0) is 0 Å². The maximum Gasteiger partial charge on any atom is 0.697 e. The molecule has 0 saturated carbocycles. The number of aromatic amines is 1. The fraction of sp³-hybridized carbons (Fsp3) is 0.545. The van der Waals surface area contributed by atoms with Gasteiger partial charge in [-0.15, -0.1) is 4.89 Å². The number of nitrogens with zero attached hydrogens (tertiary/aromatic N) is 3. The number of aliphatic hydroxyl groups is 2. The molecule has 0 radical (unpaired) electrons. The molecule has 0 aromatic carbocycles. The van der Waals surface area contributed by atoms with Gasteiger partial charge in [-0.1, -0.05) is 4.52 Å². The zero-order chi connectivity index (χ0) is 18.1. The topological polar surface area (TPSA) is 178 Å². The second-order valence-corrected chi connectivity index (χ2v) is 5.69. The molecule has 6 atom stereocenters.